The van der Waals surface area contributed by atoms with Crippen LogP contribution in [0.2, 0.25) is 0 Å². The number of nitrogens with one attached hydrogen (secondary N) is 1. The summed E-state index contributed by atoms with van der Waals surface area (Å²) in [7, 11) is 1.86. The largest absolute Gasteiger partial charge is 0.319 e. The van der Waals surface area contributed by atoms with Crippen LogP contribution in [0.15, 0.2) is 24.3 Å². The molecule has 0 fully saturated rings. The summed E-state index contributed by atoms with van der Waals surface area (Å²) in [5, 5.41) is 2.99. The predicted octanol–water partition coefficient (Wildman–Crippen LogP) is 2.26. The summed E-state index contributed by atoms with van der Waals surface area (Å²) in [6.45, 7) is 0.853. The van der Waals surface area contributed by atoms with Crippen molar-refractivity contribution in [3.8, 4) is 0 Å². The van der Waals surface area contributed by atoms with Crippen LogP contribution in [0.4, 0.5) is 4.39 Å². The molecule has 0 bridgehead atoms. The van der Waals surface area contributed by atoms with Crippen molar-refractivity contribution >= 4 is 12.4 Å². The van der Waals surface area contributed by atoms with Crippen LogP contribution in [-0.2, 0) is 0 Å². The molecule has 0 heterocycles. The molecular formula is C12H14FNO. The van der Waals surface area contributed by atoms with Gasteiger partial charge in [0.25, 0.3) is 0 Å². The quantitative estimate of drug-likeness (QED) is 0.592. The van der Waals surface area contributed by atoms with Gasteiger partial charge in [0, 0.05) is 11.1 Å². The van der Waals surface area contributed by atoms with Crippen LogP contribution >= 0.6 is 0 Å². The first-order chi connectivity index (χ1) is 7.27. The maximum absolute atomic E-state index is 13.2. The minimum absolute atomic E-state index is 0.304. The van der Waals surface area contributed by atoms with Crippen LogP contribution in [0.3, 0.4) is 0 Å². The molecule has 0 aliphatic carbocycles. The Morgan fingerprint density at radius 3 is 2.93 bits per heavy atom. The second-order valence-electron chi connectivity index (χ2n) is 3.19. The van der Waals surface area contributed by atoms with Crippen molar-refractivity contribution in [1.29, 1.82) is 0 Å². The summed E-state index contributed by atoms with van der Waals surface area (Å²) >= 11 is 0. The molecule has 1 N–H and O–H groups in total. The molecule has 0 unspecified atom stereocenters. The molecule has 0 saturated carbocycles. The number of hydrogen-bond acceptors (Lipinski definition) is 2. The number of hydrogen-bond donors (Lipinski definition) is 1. The van der Waals surface area contributed by atoms with E-state index in [9.17, 15) is 9.18 Å². The molecule has 2 nitrogen and oxygen atoms in total. The van der Waals surface area contributed by atoms with E-state index in [1.807, 2.05) is 13.1 Å². The highest BCUT2D eigenvalue weighted by atomic mass is 19.1. The molecule has 0 saturated heterocycles. The van der Waals surface area contributed by atoms with Gasteiger partial charge in [0.2, 0.25) is 0 Å². The third-order valence-electron chi connectivity index (χ3n) is 2.01. The van der Waals surface area contributed by atoms with Gasteiger partial charge in [0.15, 0.2) is 0 Å². The van der Waals surface area contributed by atoms with Gasteiger partial charge < -0.3 is 5.32 Å². The molecule has 15 heavy (non-hydrogen) atoms. The van der Waals surface area contributed by atoms with E-state index >= 15 is 0 Å². The summed E-state index contributed by atoms with van der Waals surface area (Å²) in [4.78, 5) is 10.5. The molecule has 0 aliphatic rings. The van der Waals surface area contributed by atoms with Crippen LogP contribution < -0.4 is 5.32 Å². The number of benzene rings is 1. The molecule has 0 atom stereocenters. The Morgan fingerprint density at radius 1 is 1.47 bits per heavy atom. The first-order valence-electron chi connectivity index (χ1n) is 4.84. The minimum Gasteiger partial charge on any atom is -0.319 e. The predicted molar refractivity (Wildman–Crippen MR) is 59.4 cm³/mol. The van der Waals surface area contributed by atoms with Crippen molar-refractivity contribution in [1.82, 2.24) is 5.32 Å². The van der Waals surface area contributed by atoms with Crippen LogP contribution in [0.25, 0.3) is 6.08 Å². The molecule has 1 aromatic rings. The van der Waals surface area contributed by atoms with Gasteiger partial charge in [-0.1, -0.05) is 12.2 Å². The average Bonchev–Trinajstić information content (AvgIpc) is 2.26. The molecule has 0 radical (unpaired) electrons. The summed E-state index contributed by atoms with van der Waals surface area (Å²) in [6.07, 6.45) is 5.12. The fraction of sp³-hybridized carbons (Fsp3) is 0.250. The normalized spacial score (nSPS) is 10.8. The second kappa shape index (κ2) is 6.09. The zero-order valence-corrected chi connectivity index (χ0v) is 8.66. The Balaban J connectivity index is 2.74. The number of carbonyl (C=O) groups excluding carboxylic acids is 1. The zero-order chi connectivity index (χ0) is 11.1. The van der Waals surface area contributed by atoms with Gasteiger partial charge in [-0.15, -0.1) is 0 Å². The van der Waals surface area contributed by atoms with Crippen molar-refractivity contribution in [3.05, 3.63) is 41.2 Å². The fourth-order valence-electron chi connectivity index (χ4n) is 1.20. The topological polar surface area (TPSA) is 29.1 Å². The van der Waals surface area contributed by atoms with Gasteiger partial charge >= 0.3 is 0 Å². The molecule has 0 aromatic heterocycles. The Labute approximate surface area is 88.8 Å². The van der Waals surface area contributed by atoms with Crippen molar-refractivity contribution < 1.29 is 9.18 Å². The highest BCUT2D eigenvalue weighted by Crippen LogP contribution is 2.11. The first kappa shape index (κ1) is 11.6. The van der Waals surface area contributed by atoms with E-state index in [4.69, 9.17) is 0 Å². The fourth-order valence-corrected chi connectivity index (χ4v) is 1.20. The maximum atomic E-state index is 13.2. The van der Waals surface area contributed by atoms with E-state index in [-0.39, 0.29) is 5.82 Å². The lowest BCUT2D eigenvalue weighted by atomic mass is 10.1. The summed E-state index contributed by atoms with van der Waals surface area (Å²) in [6, 6.07) is 4.31. The van der Waals surface area contributed by atoms with Crippen LogP contribution in [0.1, 0.15) is 22.3 Å². The second-order valence-corrected chi connectivity index (χ2v) is 3.19. The van der Waals surface area contributed by atoms with Gasteiger partial charge in [0.1, 0.15) is 12.1 Å². The Kier molecular flexibility index (Phi) is 4.71. The lowest BCUT2D eigenvalue weighted by Crippen LogP contribution is -2.05. The number of rotatable bonds is 5. The van der Waals surface area contributed by atoms with E-state index < -0.39 is 0 Å². The molecular weight excluding hydrogens is 193 g/mol. The highest BCUT2D eigenvalue weighted by molar-refractivity contribution is 5.76. The Hall–Kier alpha value is -1.48. The monoisotopic (exact) mass is 207 g/mol. The Bertz CT molecular complexity index is 361. The molecule has 3 heteroatoms. The number of aldehydes is 1. The molecule has 0 spiro atoms. The van der Waals surface area contributed by atoms with Gasteiger partial charge in [-0.25, -0.2) is 4.39 Å². The van der Waals surface area contributed by atoms with Crippen molar-refractivity contribution in [2.75, 3.05) is 13.6 Å². The number of halogens is 1. The maximum Gasteiger partial charge on any atom is 0.150 e. The average molecular weight is 207 g/mol. The third-order valence-corrected chi connectivity index (χ3v) is 2.01. The Morgan fingerprint density at radius 2 is 2.27 bits per heavy atom. The lowest BCUT2D eigenvalue weighted by Gasteiger charge is -1.98. The van der Waals surface area contributed by atoms with E-state index in [1.54, 1.807) is 6.08 Å². The molecule has 1 rings (SSSR count). The molecule has 0 aliphatic heterocycles. The van der Waals surface area contributed by atoms with Gasteiger partial charge in [-0.3, -0.25) is 4.79 Å². The van der Waals surface area contributed by atoms with Gasteiger partial charge in [-0.05, 0) is 38.2 Å². The lowest BCUT2D eigenvalue weighted by molar-refractivity contribution is 0.112. The molecule has 80 valence electrons. The third kappa shape index (κ3) is 3.64. The first-order valence-corrected chi connectivity index (χ1v) is 4.84. The highest BCUT2D eigenvalue weighted by Gasteiger charge is 1.99. The van der Waals surface area contributed by atoms with E-state index in [2.05, 4.69) is 5.32 Å². The van der Waals surface area contributed by atoms with Crippen LogP contribution in [0.5, 0.6) is 0 Å². The number of carbonyl (C=O) groups is 1. The van der Waals surface area contributed by atoms with Crippen molar-refractivity contribution in [2.45, 2.75) is 6.42 Å². The van der Waals surface area contributed by atoms with Crippen molar-refractivity contribution in [3.63, 3.8) is 0 Å². The van der Waals surface area contributed by atoms with Crippen molar-refractivity contribution in [2.24, 2.45) is 0 Å². The van der Waals surface area contributed by atoms with E-state index in [0.29, 0.717) is 17.4 Å². The van der Waals surface area contributed by atoms with E-state index in [1.165, 1.54) is 18.2 Å². The standard InChI is InChI=1S/C12H14FNO/c1-14-7-3-2-4-11-8-10(9-15)5-6-12(11)13/h2,4-6,8-9,14H,3,7H2,1H3. The minimum atomic E-state index is -0.304. The van der Waals surface area contributed by atoms with Gasteiger partial charge in [-0.2, -0.15) is 0 Å². The zero-order valence-electron chi connectivity index (χ0n) is 8.66. The summed E-state index contributed by atoms with van der Waals surface area (Å²) in [5.41, 5.74) is 0.945. The van der Waals surface area contributed by atoms with Gasteiger partial charge in [0.05, 0.1) is 0 Å². The molecule has 0 amide bonds. The summed E-state index contributed by atoms with van der Waals surface area (Å²) in [5.74, 6) is -0.304. The van der Waals surface area contributed by atoms with E-state index in [0.717, 1.165) is 13.0 Å². The molecule has 1 aromatic carbocycles. The summed E-state index contributed by atoms with van der Waals surface area (Å²) < 4.78 is 13.2. The smallest absolute Gasteiger partial charge is 0.150 e. The van der Waals surface area contributed by atoms with Crippen LogP contribution in [-0.4, -0.2) is 19.9 Å². The van der Waals surface area contributed by atoms with Crippen LogP contribution in [0, 0.1) is 5.82 Å². The SMILES string of the molecule is CNCCC=Cc1cc(C=O)ccc1F.